The number of hydrazone groups is 1. The molecule has 0 heterocycles. The van der Waals surface area contributed by atoms with E-state index in [1.165, 1.54) is 6.21 Å². The quantitative estimate of drug-likeness (QED) is 0.395. The van der Waals surface area contributed by atoms with Crippen molar-refractivity contribution in [1.82, 2.24) is 5.43 Å². The van der Waals surface area contributed by atoms with Gasteiger partial charge in [-0.25, -0.2) is 5.43 Å². The third-order valence-electron chi connectivity index (χ3n) is 2.98. The third-order valence-corrected chi connectivity index (χ3v) is 4.32. The lowest BCUT2D eigenvalue weighted by Crippen LogP contribution is -2.17. The van der Waals surface area contributed by atoms with Crippen molar-refractivity contribution in [1.29, 1.82) is 0 Å². The van der Waals surface area contributed by atoms with E-state index < -0.39 is 0 Å². The van der Waals surface area contributed by atoms with E-state index in [2.05, 4.69) is 49.0 Å². The highest BCUT2D eigenvalue weighted by molar-refractivity contribution is 14.1. The summed E-state index contributed by atoms with van der Waals surface area (Å²) in [5, 5.41) is 3.98. The van der Waals surface area contributed by atoms with Gasteiger partial charge in [-0.3, -0.25) is 4.79 Å². The van der Waals surface area contributed by atoms with Crippen molar-refractivity contribution in [2.75, 3.05) is 14.2 Å². The van der Waals surface area contributed by atoms with Gasteiger partial charge in [0.05, 0.1) is 24.9 Å². The Hall–Kier alpha value is -1.61. The highest BCUT2D eigenvalue weighted by atomic mass is 127. The normalized spacial score (nSPS) is 10.6. The molecular formula is C16H14BrIN2O3. The Morgan fingerprint density at radius 1 is 1.17 bits per heavy atom. The smallest absolute Gasteiger partial charge is 0.271 e. The van der Waals surface area contributed by atoms with Gasteiger partial charge in [-0.15, -0.1) is 0 Å². The summed E-state index contributed by atoms with van der Waals surface area (Å²) >= 11 is 5.59. The van der Waals surface area contributed by atoms with Gasteiger partial charge in [0.1, 0.15) is 11.5 Å². The van der Waals surface area contributed by atoms with Gasteiger partial charge >= 0.3 is 0 Å². The Morgan fingerprint density at radius 2 is 1.83 bits per heavy atom. The molecule has 0 atom stereocenters. The number of hydrogen-bond acceptors (Lipinski definition) is 4. The van der Waals surface area contributed by atoms with Crippen molar-refractivity contribution in [3.63, 3.8) is 0 Å². The largest absolute Gasteiger partial charge is 0.496 e. The molecule has 0 aliphatic heterocycles. The Labute approximate surface area is 156 Å². The van der Waals surface area contributed by atoms with Crippen molar-refractivity contribution < 1.29 is 14.3 Å². The Bertz CT molecular complexity index is 733. The van der Waals surface area contributed by atoms with E-state index in [1.54, 1.807) is 38.5 Å². The number of rotatable bonds is 5. The topological polar surface area (TPSA) is 59.9 Å². The molecule has 0 aromatic heterocycles. The van der Waals surface area contributed by atoms with Crippen molar-refractivity contribution in [2.24, 2.45) is 5.10 Å². The van der Waals surface area contributed by atoms with E-state index in [0.29, 0.717) is 22.6 Å². The van der Waals surface area contributed by atoms with Gasteiger partial charge in [0.25, 0.3) is 5.91 Å². The van der Waals surface area contributed by atoms with Gasteiger partial charge in [0.2, 0.25) is 0 Å². The summed E-state index contributed by atoms with van der Waals surface area (Å²) < 4.78 is 12.3. The van der Waals surface area contributed by atoms with Gasteiger partial charge in [-0.1, -0.05) is 0 Å². The molecule has 0 spiro atoms. The number of amides is 1. The predicted octanol–water partition coefficient (Wildman–Crippen LogP) is 3.83. The zero-order chi connectivity index (χ0) is 16.8. The second-order valence-corrected chi connectivity index (χ2v) is 6.53. The first kappa shape index (κ1) is 17.7. The molecule has 23 heavy (non-hydrogen) atoms. The van der Waals surface area contributed by atoms with Gasteiger partial charge in [0.15, 0.2) is 0 Å². The average molecular weight is 489 g/mol. The summed E-state index contributed by atoms with van der Waals surface area (Å²) in [4.78, 5) is 12.0. The lowest BCUT2D eigenvalue weighted by atomic mass is 10.2. The van der Waals surface area contributed by atoms with Crippen molar-refractivity contribution in [3.05, 3.63) is 55.6 Å². The van der Waals surface area contributed by atoms with Gasteiger partial charge in [0, 0.05) is 20.8 Å². The van der Waals surface area contributed by atoms with Crippen molar-refractivity contribution in [3.8, 4) is 11.5 Å². The first-order valence-electron chi connectivity index (χ1n) is 6.55. The van der Waals surface area contributed by atoms with Crippen LogP contribution in [0.5, 0.6) is 11.5 Å². The highest BCUT2D eigenvalue weighted by Gasteiger charge is 2.08. The minimum atomic E-state index is -0.274. The van der Waals surface area contributed by atoms with Crippen LogP contribution in [0, 0.1) is 3.57 Å². The molecule has 0 radical (unpaired) electrons. The summed E-state index contributed by atoms with van der Waals surface area (Å²) in [6.07, 6.45) is 1.52. The van der Waals surface area contributed by atoms with Crippen LogP contribution in [0.25, 0.3) is 0 Å². The summed E-state index contributed by atoms with van der Waals surface area (Å²) in [6.45, 7) is 0. The Balaban J connectivity index is 2.12. The van der Waals surface area contributed by atoms with E-state index >= 15 is 0 Å². The maximum absolute atomic E-state index is 12.0. The number of hydrogen-bond donors (Lipinski definition) is 1. The standard InChI is InChI=1S/C16H14BrIN2O3/c1-22-14-8-15(23-2)13(17)7-11(14)9-19-20-16(21)10-3-5-12(18)6-4-10/h3-9H,1-2H3,(H,20,21)/b19-9-. The summed E-state index contributed by atoms with van der Waals surface area (Å²) in [5.74, 6) is 0.975. The molecule has 2 aromatic carbocycles. The van der Waals surface area contributed by atoms with E-state index in [9.17, 15) is 4.79 Å². The molecule has 7 heteroatoms. The van der Waals surface area contributed by atoms with Crippen LogP contribution in [-0.2, 0) is 0 Å². The minimum Gasteiger partial charge on any atom is -0.496 e. The number of carbonyl (C=O) groups excluding carboxylic acids is 1. The molecule has 120 valence electrons. The minimum absolute atomic E-state index is 0.274. The molecule has 0 fully saturated rings. The van der Waals surface area contributed by atoms with Crippen LogP contribution in [0.15, 0.2) is 46.0 Å². The number of halogens is 2. The van der Waals surface area contributed by atoms with E-state index in [1.807, 2.05) is 12.1 Å². The molecule has 0 aliphatic rings. The van der Waals surface area contributed by atoms with Crippen LogP contribution in [0.3, 0.4) is 0 Å². The second-order valence-electron chi connectivity index (χ2n) is 4.43. The summed E-state index contributed by atoms with van der Waals surface area (Å²) in [7, 11) is 3.14. The zero-order valence-corrected chi connectivity index (χ0v) is 16.2. The predicted molar refractivity (Wildman–Crippen MR) is 101 cm³/mol. The van der Waals surface area contributed by atoms with E-state index in [0.717, 1.165) is 8.04 Å². The molecule has 0 saturated carbocycles. The molecule has 0 saturated heterocycles. The van der Waals surface area contributed by atoms with Crippen molar-refractivity contribution >= 4 is 50.6 Å². The molecule has 2 aromatic rings. The molecule has 1 amide bonds. The number of carbonyl (C=O) groups is 1. The molecule has 1 N–H and O–H groups in total. The van der Waals surface area contributed by atoms with Crippen LogP contribution in [0.4, 0.5) is 0 Å². The summed E-state index contributed by atoms with van der Waals surface area (Å²) in [6, 6.07) is 10.8. The first-order valence-corrected chi connectivity index (χ1v) is 8.43. The van der Waals surface area contributed by atoms with Gasteiger partial charge < -0.3 is 9.47 Å². The Morgan fingerprint density at radius 3 is 2.43 bits per heavy atom. The average Bonchev–Trinajstić information content (AvgIpc) is 2.55. The van der Waals surface area contributed by atoms with Gasteiger partial charge in [-0.2, -0.15) is 5.10 Å². The van der Waals surface area contributed by atoms with Crippen LogP contribution < -0.4 is 14.9 Å². The molecular weight excluding hydrogens is 475 g/mol. The van der Waals surface area contributed by atoms with Crippen LogP contribution in [0.1, 0.15) is 15.9 Å². The maximum atomic E-state index is 12.0. The number of methoxy groups -OCH3 is 2. The number of benzene rings is 2. The third kappa shape index (κ3) is 4.68. The van der Waals surface area contributed by atoms with Crippen molar-refractivity contribution in [2.45, 2.75) is 0 Å². The molecule has 5 nitrogen and oxygen atoms in total. The van der Waals surface area contributed by atoms with E-state index in [-0.39, 0.29) is 5.91 Å². The zero-order valence-electron chi connectivity index (χ0n) is 12.5. The number of nitrogens with zero attached hydrogens (tertiary/aromatic N) is 1. The van der Waals surface area contributed by atoms with Gasteiger partial charge in [-0.05, 0) is 68.9 Å². The maximum Gasteiger partial charge on any atom is 0.271 e. The van der Waals surface area contributed by atoms with Crippen LogP contribution in [0.2, 0.25) is 0 Å². The number of nitrogens with one attached hydrogen (secondary N) is 1. The lowest BCUT2D eigenvalue weighted by molar-refractivity contribution is 0.0955. The van der Waals surface area contributed by atoms with Crippen LogP contribution >= 0.6 is 38.5 Å². The first-order chi connectivity index (χ1) is 11.0. The lowest BCUT2D eigenvalue weighted by Gasteiger charge is -2.09. The monoisotopic (exact) mass is 488 g/mol. The highest BCUT2D eigenvalue weighted by Crippen LogP contribution is 2.31. The second kappa shape index (κ2) is 8.30. The summed E-state index contributed by atoms with van der Waals surface area (Å²) in [5.41, 5.74) is 3.75. The number of ether oxygens (including phenoxy) is 2. The SMILES string of the molecule is COc1cc(OC)c(/C=N\NC(=O)c2ccc(I)cc2)cc1Br. The molecule has 0 aliphatic carbocycles. The van der Waals surface area contributed by atoms with Crippen LogP contribution in [-0.4, -0.2) is 26.3 Å². The fraction of sp³-hybridized carbons (Fsp3) is 0.125. The molecule has 2 rings (SSSR count). The Kier molecular flexibility index (Phi) is 6.40. The van der Waals surface area contributed by atoms with E-state index in [4.69, 9.17) is 9.47 Å². The fourth-order valence-corrected chi connectivity index (χ4v) is 2.69. The fourth-order valence-electron chi connectivity index (χ4n) is 1.81. The molecule has 0 unspecified atom stereocenters. The molecule has 0 bridgehead atoms.